The fourth-order valence-electron chi connectivity index (χ4n) is 4.00. The summed E-state index contributed by atoms with van der Waals surface area (Å²) < 4.78 is 29.8. The Balaban J connectivity index is 2.07. The lowest BCUT2D eigenvalue weighted by Gasteiger charge is -2.32. The Labute approximate surface area is 179 Å². The van der Waals surface area contributed by atoms with Crippen LogP contribution in [0.25, 0.3) is 22.3 Å². The van der Waals surface area contributed by atoms with Gasteiger partial charge in [-0.1, -0.05) is 33.5 Å². The number of hydrogen-bond acceptors (Lipinski definition) is 5. The van der Waals surface area contributed by atoms with Crippen molar-refractivity contribution in [1.82, 2.24) is 14.9 Å². The zero-order chi connectivity index (χ0) is 22.4. The molecule has 0 fully saturated rings. The molecular weight excluding hydrogens is 423 g/mol. The number of nitrogens with zero attached hydrogens (tertiary/aromatic N) is 3. The van der Waals surface area contributed by atoms with E-state index in [4.69, 9.17) is 0 Å². The van der Waals surface area contributed by atoms with Gasteiger partial charge in [-0.05, 0) is 28.8 Å². The molecule has 1 heterocycles. The number of benzene rings is 2. The first-order valence-corrected chi connectivity index (χ1v) is 10.1. The van der Waals surface area contributed by atoms with E-state index in [1.807, 2.05) is 0 Å². The Bertz CT molecular complexity index is 1150. The summed E-state index contributed by atoms with van der Waals surface area (Å²) in [6.07, 6.45) is 4.38. The molecule has 2 atom stereocenters. The Hall–Kier alpha value is -2.80. The topological polar surface area (TPSA) is 86.5 Å². The monoisotopic (exact) mass is 443 g/mol. The third-order valence-corrected chi connectivity index (χ3v) is 5.92. The van der Waals surface area contributed by atoms with E-state index in [2.05, 4.69) is 9.97 Å². The lowest BCUT2D eigenvalue weighted by molar-refractivity contribution is -0.0964. The van der Waals surface area contributed by atoms with E-state index < -0.39 is 17.2 Å². The van der Waals surface area contributed by atoms with Gasteiger partial charge in [0.25, 0.3) is 11.6 Å². The summed E-state index contributed by atoms with van der Waals surface area (Å²) in [6, 6.07) is 9.29. The molecule has 1 amide bonds. The number of alkyl halides is 2. The summed E-state index contributed by atoms with van der Waals surface area (Å²) in [4.78, 5) is 22.3. The van der Waals surface area contributed by atoms with Crippen LogP contribution in [0.1, 0.15) is 21.5 Å². The van der Waals surface area contributed by atoms with E-state index in [0.29, 0.717) is 22.3 Å². The maximum Gasteiger partial charge on any atom is 0.295 e. The standard InChI is InChI=1S/C22H20F2N3O3P/c1-27(6-7-28)20(29)13-8-16(14-10-25-12-26-11-14)19-15-4-2-3-5-17(15)21(30,18(19)9-13)22(23,24)31/h2-5,8-12,28,30H,6-7,31H2,1H3. The Morgan fingerprint density at radius 2 is 1.84 bits per heavy atom. The molecular formula is C22H20F2N3O3P. The van der Waals surface area contributed by atoms with Gasteiger partial charge in [0.1, 0.15) is 6.33 Å². The average Bonchev–Trinajstić information content (AvgIpc) is 3.03. The van der Waals surface area contributed by atoms with Crippen LogP contribution in [-0.2, 0) is 5.60 Å². The summed E-state index contributed by atoms with van der Waals surface area (Å²) >= 11 is 0. The number of aliphatic hydroxyl groups is 2. The highest BCUT2D eigenvalue weighted by Gasteiger charge is 2.57. The number of rotatable bonds is 5. The molecule has 2 unspecified atom stereocenters. The van der Waals surface area contributed by atoms with Gasteiger partial charge in [0.15, 0.2) is 5.60 Å². The number of likely N-dealkylation sites (N-methyl/N-ethyl adjacent to an activating group) is 1. The molecule has 0 radical (unpaired) electrons. The maximum absolute atomic E-state index is 14.9. The second-order valence-electron chi connectivity index (χ2n) is 7.40. The summed E-state index contributed by atoms with van der Waals surface area (Å²) in [5.74, 6) is -0.472. The van der Waals surface area contributed by atoms with Gasteiger partial charge in [-0.25, -0.2) is 9.97 Å². The molecule has 31 heavy (non-hydrogen) atoms. The van der Waals surface area contributed by atoms with E-state index in [1.54, 1.807) is 24.3 Å². The number of halogens is 2. The van der Waals surface area contributed by atoms with Crippen LogP contribution < -0.4 is 0 Å². The third kappa shape index (κ3) is 3.31. The first-order valence-electron chi connectivity index (χ1n) is 9.49. The van der Waals surface area contributed by atoms with E-state index in [0.717, 1.165) is 0 Å². The van der Waals surface area contributed by atoms with Crippen LogP contribution in [0.2, 0.25) is 0 Å². The minimum absolute atomic E-state index is 0.0522. The van der Waals surface area contributed by atoms with E-state index in [-0.39, 0.29) is 29.8 Å². The number of hydrogen-bond donors (Lipinski definition) is 2. The molecule has 0 spiro atoms. The second-order valence-corrected chi connectivity index (χ2v) is 8.13. The lowest BCUT2D eigenvalue weighted by atomic mass is 9.88. The molecule has 6 nitrogen and oxygen atoms in total. The molecule has 160 valence electrons. The van der Waals surface area contributed by atoms with Crippen molar-refractivity contribution in [2.45, 2.75) is 11.3 Å². The molecule has 3 aromatic rings. The van der Waals surface area contributed by atoms with Crippen molar-refractivity contribution in [1.29, 1.82) is 0 Å². The Morgan fingerprint density at radius 1 is 1.16 bits per heavy atom. The molecule has 1 aromatic heterocycles. The molecule has 0 saturated carbocycles. The highest BCUT2D eigenvalue weighted by Crippen LogP contribution is 2.58. The number of aromatic nitrogens is 2. The number of carbonyl (C=O) groups excluding carboxylic acids is 1. The highest BCUT2D eigenvalue weighted by molar-refractivity contribution is 7.18. The summed E-state index contributed by atoms with van der Waals surface area (Å²) in [7, 11) is 2.92. The van der Waals surface area contributed by atoms with Crippen LogP contribution in [0.4, 0.5) is 8.78 Å². The van der Waals surface area contributed by atoms with Gasteiger partial charge in [-0.15, -0.1) is 0 Å². The molecule has 0 saturated heterocycles. The average molecular weight is 443 g/mol. The van der Waals surface area contributed by atoms with E-state index >= 15 is 0 Å². The minimum atomic E-state index is -3.61. The predicted molar refractivity (Wildman–Crippen MR) is 115 cm³/mol. The van der Waals surface area contributed by atoms with Crippen LogP contribution >= 0.6 is 9.24 Å². The van der Waals surface area contributed by atoms with Crippen molar-refractivity contribution < 1.29 is 23.8 Å². The first kappa shape index (κ1) is 21.4. The number of amides is 1. The third-order valence-electron chi connectivity index (χ3n) is 5.50. The first-order chi connectivity index (χ1) is 14.7. The van der Waals surface area contributed by atoms with Crippen molar-refractivity contribution in [3.05, 3.63) is 71.8 Å². The fraction of sp³-hybridized carbons (Fsp3) is 0.227. The molecule has 0 bridgehead atoms. The summed E-state index contributed by atoms with van der Waals surface area (Å²) in [5, 5.41) is 20.6. The predicted octanol–water partition coefficient (Wildman–Crippen LogP) is 2.89. The maximum atomic E-state index is 14.9. The molecule has 2 aromatic carbocycles. The van der Waals surface area contributed by atoms with Crippen molar-refractivity contribution in [3.63, 3.8) is 0 Å². The SMILES string of the molecule is CN(CCO)C(=O)c1cc(-c2cncnc2)c2c(c1)C(O)(C(F)(F)P)c1ccccc1-2. The van der Waals surface area contributed by atoms with Crippen LogP contribution in [0.5, 0.6) is 0 Å². The van der Waals surface area contributed by atoms with Crippen LogP contribution in [0.15, 0.2) is 55.1 Å². The van der Waals surface area contributed by atoms with Crippen molar-refractivity contribution in [2.75, 3.05) is 20.2 Å². The highest BCUT2D eigenvalue weighted by atomic mass is 31.0. The summed E-state index contributed by atoms with van der Waals surface area (Å²) in [5.41, 5.74) is -4.36. The quantitative estimate of drug-likeness (QED) is 0.593. The van der Waals surface area contributed by atoms with Crippen molar-refractivity contribution in [3.8, 4) is 22.3 Å². The summed E-state index contributed by atoms with van der Waals surface area (Å²) in [6.45, 7) is -0.171. The van der Waals surface area contributed by atoms with Crippen LogP contribution in [-0.4, -0.2) is 56.9 Å². The lowest BCUT2D eigenvalue weighted by Crippen LogP contribution is -2.40. The number of aliphatic hydroxyl groups excluding tert-OH is 1. The van der Waals surface area contributed by atoms with Crippen LogP contribution in [0, 0.1) is 0 Å². The molecule has 9 heteroatoms. The minimum Gasteiger partial charge on any atom is -0.395 e. The molecule has 4 rings (SSSR count). The van der Waals surface area contributed by atoms with Crippen molar-refractivity contribution in [2.24, 2.45) is 0 Å². The largest absolute Gasteiger partial charge is 0.395 e. The van der Waals surface area contributed by atoms with Gasteiger partial charge in [0.2, 0.25) is 0 Å². The van der Waals surface area contributed by atoms with Gasteiger partial charge < -0.3 is 15.1 Å². The zero-order valence-electron chi connectivity index (χ0n) is 16.6. The smallest absolute Gasteiger partial charge is 0.295 e. The number of carbonyl (C=O) groups is 1. The van der Waals surface area contributed by atoms with E-state index in [1.165, 1.54) is 52.0 Å². The van der Waals surface area contributed by atoms with Crippen molar-refractivity contribution >= 4 is 15.1 Å². The van der Waals surface area contributed by atoms with Crippen LogP contribution in [0.3, 0.4) is 0 Å². The molecule has 1 aliphatic carbocycles. The van der Waals surface area contributed by atoms with E-state index in [9.17, 15) is 23.8 Å². The van der Waals surface area contributed by atoms with Gasteiger partial charge in [-0.3, -0.25) is 4.79 Å². The molecule has 0 aliphatic heterocycles. The Kier molecular flexibility index (Phi) is 5.33. The van der Waals surface area contributed by atoms with Gasteiger partial charge in [-0.2, -0.15) is 8.78 Å². The zero-order valence-corrected chi connectivity index (χ0v) is 17.7. The van der Waals surface area contributed by atoms with Gasteiger partial charge in [0.05, 0.1) is 6.61 Å². The fourth-order valence-corrected chi connectivity index (χ4v) is 4.31. The number of fused-ring (bicyclic) bond motifs is 3. The molecule has 2 N–H and O–H groups in total. The normalized spacial score (nSPS) is 17.2. The van der Waals surface area contributed by atoms with Gasteiger partial charge in [0, 0.05) is 48.2 Å². The Morgan fingerprint density at radius 3 is 2.48 bits per heavy atom. The van der Waals surface area contributed by atoms with Gasteiger partial charge >= 0.3 is 0 Å². The molecule has 1 aliphatic rings. The second kappa shape index (κ2) is 7.71.